The predicted molar refractivity (Wildman–Crippen MR) is 157 cm³/mol. The van der Waals surface area contributed by atoms with Gasteiger partial charge >= 0.3 is 5.97 Å². The molecule has 2 heterocycles. The number of piperidine rings is 1. The first-order valence-electron chi connectivity index (χ1n) is 13.5. The van der Waals surface area contributed by atoms with Crippen molar-refractivity contribution in [3.8, 4) is 0 Å². The molecule has 0 amide bonds. The summed E-state index contributed by atoms with van der Waals surface area (Å²) < 4.78 is 35.2. The summed E-state index contributed by atoms with van der Waals surface area (Å²) in [6, 6.07) is 13.3. The van der Waals surface area contributed by atoms with E-state index in [4.69, 9.17) is 4.53 Å². The molecule has 9 nitrogen and oxygen atoms in total. The van der Waals surface area contributed by atoms with Crippen LogP contribution in [0.25, 0.3) is 0 Å². The maximum absolute atomic E-state index is 13.9. The Bertz CT molecular complexity index is 1420. The monoisotopic (exact) mass is 585 g/mol. The van der Waals surface area contributed by atoms with Crippen molar-refractivity contribution < 1.29 is 27.6 Å². The number of nitrogens with one attached hydrogen (secondary N) is 1. The summed E-state index contributed by atoms with van der Waals surface area (Å²) in [5.74, 6) is -1.20. The summed E-state index contributed by atoms with van der Waals surface area (Å²) in [5.41, 5.74) is 1.21. The SMILES string of the molecule is Cc1ccc(S(=O)(=O)N2CCC(C3(C=O)c4ccccc4NC3CC(=O)O)CC2=NO[Si](C)(C)C(C)(C)C)cc1. The smallest absolute Gasteiger partial charge is 0.305 e. The average Bonchev–Trinajstić information content (AvgIpc) is 3.20. The van der Waals surface area contributed by atoms with E-state index in [0.717, 1.165) is 17.4 Å². The molecule has 4 rings (SSSR count). The highest BCUT2D eigenvalue weighted by Crippen LogP contribution is 2.50. The van der Waals surface area contributed by atoms with Gasteiger partial charge < -0.3 is 19.7 Å². The van der Waals surface area contributed by atoms with E-state index < -0.39 is 41.7 Å². The Kier molecular flexibility index (Phi) is 7.94. The second-order valence-corrected chi connectivity index (χ2v) is 18.9. The van der Waals surface area contributed by atoms with Crippen LogP contribution in [0, 0.1) is 12.8 Å². The lowest BCUT2D eigenvalue weighted by molar-refractivity contribution is -0.137. The Morgan fingerprint density at radius 2 is 1.85 bits per heavy atom. The first-order valence-corrected chi connectivity index (χ1v) is 17.9. The molecule has 40 heavy (non-hydrogen) atoms. The summed E-state index contributed by atoms with van der Waals surface area (Å²) in [6.45, 7) is 12.3. The quantitative estimate of drug-likeness (QED) is 0.250. The lowest BCUT2D eigenvalue weighted by Crippen LogP contribution is -2.53. The van der Waals surface area contributed by atoms with Crippen LogP contribution in [0.5, 0.6) is 0 Å². The van der Waals surface area contributed by atoms with Crippen molar-refractivity contribution in [2.75, 3.05) is 11.9 Å². The van der Waals surface area contributed by atoms with E-state index in [9.17, 15) is 23.1 Å². The van der Waals surface area contributed by atoms with Gasteiger partial charge in [0.05, 0.1) is 22.8 Å². The number of para-hydroxylation sites is 1. The Morgan fingerprint density at radius 1 is 1.20 bits per heavy atom. The third kappa shape index (κ3) is 5.28. The number of nitrogens with zero attached hydrogens (tertiary/aromatic N) is 2. The van der Waals surface area contributed by atoms with Crippen molar-refractivity contribution in [2.24, 2.45) is 11.1 Å². The van der Waals surface area contributed by atoms with Crippen molar-refractivity contribution in [1.82, 2.24) is 4.31 Å². The van der Waals surface area contributed by atoms with Crippen LogP contribution in [0.4, 0.5) is 5.69 Å². The van der Waals surface area contributed by atoms with E-state index in [-0.39, 0.29) is 35.2 Å². The highest BCUT2D eigenvalue weighted by atomic mass is 32.2. The Morgan fingerprint density at radius 3 is 2.45 bits per heavy atom. The van der Waals surface area contributed by atoms with Gasteiger partial charge in [0, 0.05) is 18.7 Å². The molecule has 11 heteroatoms. The van der Waals surface area contributed by atoms with Crippen LogP contribution in [-0.4, -0.2) is 56.8 Å². The number of rotatable bonds is 8. The Labute approximate surface area is 237 Å². The number of carbonyl (C=O) groups excluding carboxylic acids is 1. The Balaban J connectivity index is 1.80. The molecule has 3 unspecified atom stereocenters. The van der Waals surface area contributed by atoms with Crippen LogP contribution in [0.1, 0.15) is 51.2 Å². The maximum Gasteiger partial charge on any atom is 0.305 e. The molecule has 0 bridgehead atoms. The van der Waals surface area contributed by atoms with Gasteiger partial charge in [0.15, 0.2) is 5.84 Å². The van der Waals surface area contributed by atoms with Gasteiger partial charge in [-0.15, -0.1) is 0 Å². The molecule has 0 saturated carbocycles. The number of carbonyl (C=O) groups is 2. The van der Waals surface area contributed by atoms with Crippen molar-refractivity contribution in [3.05, 3.63) is 59.7 Å². The van der Waals surface area contributed by atoms with Crippen LogP contribution in [0.2, 0.25) is 18.1 Å². The molecule has 0 aromatic heterocycles. The second-order valence-electron chi connectivity index (χ2n) is 12.3. The fraction of sp³-hybridized carbons (Fsp3) is 0.483. The summed E-state index contributed by atoms with van der Waals surface area (Å²) in [4.78, 5) is 25.0. The number of aldehydes is 1. The molecule has 0 radical (unpaired) electrons. The van der Waals surface area contributed by atoms with Crippen LogP contribution in [0.15, 0.2) is 58.6 Å². The zero-order valence-corrected chi connectivity index (χ0v) is 25.8. The van der Waals surface area contributed by atoms with Gasteiger partial charge in [-0.05, 0) is 61.2 Å². The average molecular weight is 586 g/mol. The molecule has 0 aliphatic carbocycles. The molecule has 1 fully saturated rings. The molecule has 2 N–H and O–H groups in total. The molecule has 0 spiro atoms. The standard InChI is InChI=1S/C29H39N3O6SSi/c1-20-11-13-22(14-12-20)39(36,37)32-16-15-21(17-26(32)31-38-40(5,6)28(2,3)4)29(19-33)23-9-7-8-10-24(23)30-25(29)18-27(34)35/h7-14,19,21,25,30H,15-18H2,1-6H3,(H,34,35). The number of anilines is 1. The van der Waals surface area contributed by atoms with Gasteiger partial charge in [-0.1, -0.05) is 61.8 Å². The van der Waals surface area contributed by atoms with Gasteiger partial charge in [-0.3, -0.25) is 9.10 Å². The minimum absolute atomic E-state index is 0.0815. The maximum atomic E-state index is 13.9. The normalized spacial score (nSPS) is 24.4. The van der Waals surface area contributed by atoms with E-state index >= 15 is 0 Å². The summed E-state index contributed by atoms with van der Waals surface area (Å²) >= 11 is 0. The molecule has 3 atom stereocenters. The van der Waals surface area contributed by atoms with E-state index in [1.807, 2.05) is 44.3 Å². The number of sulfonamides is 1. The number of fused-ring (bicyclic) bond motifs is 1. The summed E-state index contributed by atoms with van der Waals surface area (Å²) in [6.07, 6.45) is 1.06. The van der Waals surface area contributed by atoms with Crippen molar-refractivity contribution in [3.63, 3.8) is 0 Å². The number of oxime groups is 1. The zero-order chi connectivity index (χ0) is 29.5. The lowest BCUT2D eigenvalue weighted by atomic mass is 9.64. The molecule has 2 aliphatic heterocycles. The van der Waals surface area contributed by atoms with Crippen LogP contribution in [0.3, 0.4) is 0 Å². The molecular formula is C29H39N3O6SSi. The van der Waals surface area contributed by atoms with E-state index in [0.29, 0.717) is 12.1 Å². The highest BCUT2D eigenvalue weighted by Gasteiger charge is 2.55. The molecule has 2 aliphatic rings. The van der Waals surface area contributed by atoms with Gasteiger partial charge in [0.25, 0.3) is 18.3 Å². The minimum Gasteiger partial charge on any atom is -0.481 e. The highest BCUT2D eigenvalue weighted by molar-refractivity contribution is 7.89. The van der Waals surface area contributed by atoms with E-state index in [1.165, 1.54) is 4.31 Å². The van der Waals surface area contributed by atoms with Crippen molar-refractivity contribution in [2.45, 2.75) is 81.4 Å². The number of carboxylic acids is 1. The number of aliphatic carboxylic acids is 1. The number of aryl methyl sites for hydroxylation is 1. The third-order valence-corrected chi connectivity index (χ3v) is 14.7. The van der Waals surface area contributed by atoms with Crippen LogP contribution >= 0.6 is 0 Å². The van der Waals surface area contributed by atoms with Crippen LogP contribution in [-0.2, 0) is 29.6 Å². The topological polar surface area (TPSA) is 125 Å². The Hall–Kier alpha value is -3.18. The number of benzene rings is 2. The molecule has 2 aromatic carbocycles. The third-order valence-electron chi connectivity index (χ3n) is 8.74. The van der Waals surface area contributed by atoms with E-state index in [1.54, 1.807) is 24.3 Å². The second kappa shape index (κ2) is 10.7. The fourth-order valence-electron chi connectivity index (χ4n) is 5.34. The molecule has 216 valence electrons. The van der Waals surface area contributed by atoms with Gasteiger partial charge in [0.1, 0.15) is 6.29 Å². The molecule has 1 saturated heterocycles. The lowest BCUT2D eigenvalue weighted by Gasteiger charge is -2.43. The fourth-order valence-corrected chi connectivity index (χ4v) is 7.41. The minimum atomic E-state index is -3.96. The first-order chi connectivity index (χ1) is 18.6. The first kappa shape index (κ1) is 29.8. The predicted octanol–water partition coefficient (Wildman–Crippen LogP) is 5.14. The van der Waals surface area contributed by atoms with Gasteiger partial charge in [0.2, 0.25) is 0 Å². The van der Waals surface area contributed by atoms with Crippen molar-refractivity contribution >= 4 is 42.1 Å². The zero-order valence-electron chi connectivity index (χ0n) is 24.0. The van der Waals surface area contributed by atoms with Crippen molar-refractivity contribution in [1.29, 1.82) is 0 Å². The number of amidine groups is 1. The summed E-state index contributed by atoms with van der Waals surface area (Å²) in [5, 5.41) is 17.3. The van der Waals surface area contributed by atoms with Crippen LogP contribution < -0.4 is 5.32 Å². The van der Waals surface area contributed by atoms with Gasteiger partial charge in [-0.25, -0.2) is 8.42 Å². The molecular weight excluding hydrogens is 546 g/mol. The van der Waals surface area contributed by atoms with E-state index in [2.05, 4.69) is 31.2 Å². The summed E-state index contributed by atoms with van der Waals surface area (Å²) in [7, 11) is -6.36. The largest absolute Gasteiger partial charge is 0.481 e. The molecule has 2 aromatic rings. The number of hydrogen-bond acceptors (Lipinski definition) is 7. The van der Waals surface area contributed by atoms with Gasteiger partial charge in [-0.2, -0.15) is 0 Å². The number of carboxylic acid groups (broad SMARTS) is 1. The number of hydrogen-bond donors (Lipinski definition) is 2.